The Balaban J connectivity index is 1.66. The van der Waals surface area contributed by atoms with Gasteiger partial charge in [-0.25, -0.2) is 13.2 Å². The first-order chi connectivity index (χ1) is 15.2. The maximum Gasteiger partial charge on any atom is 0.342 e. The third-order valence-electron chi connectivity index (χ3n) is 4.85. The number of nitrogens with one attached hydrogen (secondary N) is 1. The Morgan fingerprint density at radius 3 is 2.53 bits per heavy atom. The molecule has 2 N–H and O–H groups in total. The number of nitrogens with zero attached hydrogens (tertiary/aromatic N) is 1. The van der Waals surface area contributed by atoms with Crippen molar-refractivity contribution in [2.24, 2.45) is 0 Å². The lowest BCUT2D eigenvalue weighted by molar-refractivity contribution is -0.119. The molecule has 0 aliphatic carbocycles. The summed E-state index contributed by atoms with van der Waals surface area (Å²) < 4.78 is 42.1. The first-order valence-electron chi connectivity index (χ1n) is 9.75. The second-order valence-corrected chi connectivity index (χ2v) is 8.94. The molecular weight excluding hydrogens is 440 g/mol. The Hall–Kier alpha value is -3.15. The van der Waals surface area contributed by atoms with Gasteiger partial charge in [0.2, 0.25) is 10.0 Å². The molecule has 1 saturated heterocycles. The Bertz CT molecular complexity index is 1110. The number of ether oxygens (including phenoxy) is 3. The average molecular weight is 464 g/mol. The highest BCUT2D eigenvalue weighted by atomic mass is 32.2. The molecule has 1 heterocycles. The minimum absolute atomic E-state index is 0.0421. The van der Waals surface area contributed by atoms with Crippen LogP contribution in [0.4, 0.5) is 5.69 Å². The van der Waals surface area contributed by atoms with E-state index in [9.17, 15) is 23.1 Å². The second-order valence-electron chi connectivity index (χ2n) is 7.00. The summed E-state index contributed by atoms with van der Waals surface area (Å²) in [5, 5.41) is 12.5. The van der Waals surface area contributed by atoms with Crippen LogP contribution < -0.4 is 10.1 Å². The fraction of sp³-hybridized carbons (Fsp3) is 0.333. The van der Waals surface area contributed by atoms with Crippen LogP contribution in [0, 0.1) is 6.92 Å². The molecule has 1 aliphatic heterocycles. The van der Waals surface area contributed by atoms with Gasteiger partial charge in [-0.05, 0) is 36.8 Å². The predicted octanol–water partition coefficient (Wildman–Crippen LogP) is 1.53. The molecule has 1 amide bonds. The average Bonchev–Trinajstić information content (AvgIpc) is 2.79. The van der Waals surface area contributed by atoms with E-state index in [-0.39, 0.29) is 35.0 Å². The van der Waals surface area contributed by atoms with Crippen LogP contribution in [0.15, 0.2) is 41.3 Å². The number of aryl methyl sites for hydroxylation is 1. The number of anilines is 1. The number of hydrogen-bond donors (Lipinski definition) is 2. The molecule has 32 heavy (non-hydrogen) atoms. The van der Waals surface area contributed by atoms with Crippen molar-refractivity contribution < 1.29 is 37.3 Å². The van der Waals surface area contributed by atoms with E-state index in [2.05, 4.69) is 5.32 Å². The van der Waals surface area contributed by atoms with Crippen LogP contribution in [0.25, 0.3) is 0 Å². The van der Waals surface area contributed by atoms with Gasteiger partial charge >= 0.3 is 5.97 Å². The largest absolute Gasteiger partial charge is 0.507 e. The van der Waals surface area contributed by atoms with Gasteiger partial charge in [-0.15, -0.1) is 0 Å². The van der Waals surface area contributed by atoms with Crippen molar-refractivity contribution in [3.8, 4) is 11.5 Å². The number of sulfonamides is 1. The van der Waals surface area contributed by atoms with Gasteiger partial charge in [0.15, 0.2) is 6.61 Å². The highest BCUT2D eigenvalue weighted by Crippen LogP contribution is 2.25. The topological polar surface area (TPSA) is 131 Å². The number of esters is 1. The van der Waals surface area contributed by atoms with Crippen molar-refractivity contribution in [2.45, 2.75) is 11.8 Å². The first-order valence-corrected chi connectivity index (χ1v) is 11.2. The zero-order chi connectivity index (χ0) is 23.3. The van der Waals surface area contributed by atoms with Crippen LogP contribution in [-0.4, -0.2) is 69.7 Å². The molecule has 0 spiro atoms. The van der Waals surface area contributed by atoms with Gasteiger partial charge in [0.05, 0.1) is 25.2 Å². The minimum Gasteiger partial charge on any atom is -0.507 e. The molecule has 2 aromatic rings. The standard InChI is InChI=1S/C21H24N2O8S/c1-14-3-5-16(32(27,28)23-7-9-30-10-8-23)12-18(14)22-20(25)13-31-21(26)17-6-4-15(29-2)11-19(17)24/h3-6,11-12,24H,7-10,13H2,1-2H3,(H,22,25). The maximum absolute atomic E-state index is 12.8. The van der Waals surface area contributed by atoms with Gasteiger partial charge in [0.25, 0.3) is 5.91 Å². The summed E-state index contributed by atoms with van der Waals surface area (Å²) in [4.78, 5) is 24.5. The van der Waals surface area contributed by atoms with E-state index in [1.54, 1.807) is 13.0 Å². The maximum atomic E-state index is 12.8. The molecule has 0 unspecified atom stereocenters. The number of phenols is 1. The highest BCUT2D eigenvalue weighted by Gasteiger charge is 2.27. The molecule has 2 aromatic carbocycles. The fourth-order valence-corrected chi connectivity index (χ4v) is 4.47. The summed E-state index contributed by atoms with van der Waals surface area (Å²) >= 11 is 0. The lowest BCUT2D eigenvalue weighted by atomic mass is 10.2. The Kier molecular flexibility index (Phi) is 7.33. The molecule has 1 aliphatic rings. The van der Waals surface area contributed by atoms with Gasteiger partial charge in [-0.3, -0.25) is 4.79 Å². The van der Waals surface area contributed by atoms with Gasteiger partial charge < -0.3 is 24.6 Å². The SMILES string of the molecule is COc1ccc(C(=O)OCC(=O)Nc2cc(S(=O)(=O)N3CCOCC3)ccc2C)c(O)c1. The molecule has 172 valence electrons. The van der Waals surface area contributed by atoms with Gasteiger partial charge in [-0.2, -0.15) is 4.31 Å². The Morgan fingerprint density at radius 1 is 1.16 bits per heavy atom. The molecule has 3 rings (SSSR count). The molecule has 0 aromatic heterocycles. The molecular formula is C21H24N2O8S. The molecule has 0 bridgehead atoms. The number of aromatic hydroxyl groups is 1. The van der Waals surface area contributed by atoms with E-state index in [0.717, 1.165) is 0 Å². The van der Waals surface area contributed by atoms with Gasteiger partial charge in [0.1, 0.15) is 17.1 Å². The number of morpholine rings is 1. The van der Waals surface area contributed by atoms with Gasteiger partial charge in [-0.1, -0.05) is 6.07 Å². The van der Waals surface area contributed by atoms with Crippen LogP contribution in [0.2, 0.25) is 0 Å². The van der Waals surface area contributed by atoms with Crippen LogP contribution in [0.3, 0.4) is 0 Å². The van der Waals surface area contributed by atoms with Crippen molar-refractivity contribution in [3.63, 3.8) is 0 Å². The Morgan fingerprint density at radius 2 is 1.88 bits per heavy atom. The zero-order valence-corrected chi connectivity index (χ0v) is 18.5. The van der Waals surface area contributed by atoms with Crippen molar-refractivity contribution in [3.05, 3.63) is 47.5 Å². The summed E-state index contributed by atoms with van der Waals surface area (Å²) in [5.41, 5.74) is 0.805. The predicted molar refractivity (Wildman–Crippen MR) is 114 cm³/mol. The number of carbonyl (C=O) groups is 2. The molecule has 10 nitrogen and oxygen atoms in total. The number of hydrogen-bond acceptors (Lipinski definition) is 8. The van der Waals surface area contributed by atoms with E-state index < -0.39 is 28.5 Å². The highest BCUT2D eigenvalue weighted by molar-refractivity contribution is 7.89. The summed E-state index contributed by atoms with van der Waals surface area (Å²) in [6, 6.07) is 8.47. The van der Waals surface area contributed by atoms with E-state index in [4.69, 9.17) is 14.2 Å². The molecule has 0 radical (unpaired) electrons. The molecule has 0 saturated carbocycles. The number of benzene rings is 2. The van der Waals surface area contributed by atoms with Crippen molar-refractivity contribution in [1.82, 2.24) is 4.31 Å². The van der Waals surface area contributed by atoms with E-state index in [1.165, 1.54) is 41.7 Å². The third kappa shape index (κ3) is 5.36. The number of amides is 1. The number of phenolic OH excluding ortho intramolecular Hbond substituents is 1. The smallest absolute Gasteiger partial charge is 0.342 e. The Labute approximate surface area is 185 Å². The fourth-order valence-electron chi connectivity index (χ4n) is 3.04. The summed E-state index contributed by atoms with van der Waals surface area (Å²) in [6.45, 7) is 2.25. The van der Waals surface area contributed by atoms with Crippen LogP contribution in [0.5, 0.6) is 11.5 Å². The van der Waals surface area contributed by atoms with Crippen molar-refractivity contribution in [1.29, 1.82) is 0 Å². The van der Waals surface area contributed by atoms with E-state index >= 15 is 0 Å². The molecule has 0 atom stereocenters. The number of rotatable bonds is 7. The quantitative estimate of drug-likeness (QED) is 0.590. The third-order valence-corrected chi connectivity index (χ3v) is 6.74. The second kappa shape index (κ2) is 9.98. The lowest BCUT2D eigenvalue weighted by Gasteiger charge is -2.26. The normalized spacial score (nSPS) is 14.6. The summed E-state index contributed by atoms with van der Waals surface area (Å²) in [6.07, 6.45) is 0. The number of carbonyl (C=O) groups excluding carboxylic acids is 2. The molecule has 1 fully saturated rings. The first kappa shape index (κ1) is 23.5. The summed E-state index contributed by atoms with van der Waals surface area (Å²) in [7, 11) is -2.31. The van der Waals surface area contributed by atoms with E-state index in [0.29, 0.717) is 24.5 Å². The number of methoxy groups -OCH3 is 1. The van der Waals surface area contributed by atoms with Crippen LogP contribution in [0.1, 0.15) is 15.9 Å². The van der Waals surface area contributed by atoms with Crippen LogP contribution in [-0.2, 0) is 24.3 Å². The van der Waals surface area contributed by atoms with Crippen molar-refractivity contribution in [2.75, 3.05) is 45.3 Å². The van der Waals surface area contributed by atoms with E-state index in [1.807, 2.05) is 0 Å². The van der Waals surface area contributed by atoms with Gasteiger partial charge in [0, 0.05) is 24.8 Å². The minimum atomic E-state index is -3.73. The lowest BCUT2D eigenvalue weighted by Crippen LogP contribution is -2.40. The monoisotopic (exact) mass is 464 g/mol. The van der Waals surface area contributed by atoms with Crippen LogP contribution >= 0.6 is 0 Å². The zero-order valence-electron chi connectivity index (χ0n) is 17.7. The summed E-state index contributed by atoms with van der Waals surface area (Å²) in [5.74, 6) is -1.53. The van der Waals surface area contributed by atoms with Crippen molar-refractivity contribution >= 4 is 27.6 Å². The molecule has 11 heteroatoms.